The predicted octanol–water partition coefficient (Wildman–Crippen LogP) is 4.07. The fraction of sp³-hybridized carbons (Fsp3) is 0.300. The molecule has 1 aliphatic rings. The molecule has 0 aliphatic heterocycles. The lowest BCUT2D eigenvalue weighted by Crippen LogP contribution is -2.33. The summed E-state index contributed by atoms with van der Waals surface area (Å²) in [6.45, 7) is 3.83. The zero-order valence-electron chi connectivity index (χ0n) is 16.1. The molecule has 0 unspecified atom stereocenters. The fourth-order valence-electron chi connectivity index (χ4n) is 3.39. The number of fused-ring (bicyclic) bond motifs is 3. The van der Waals surface area contributed by atoms with Crippen molar-refractivity contribution in [3.05, 3.63) is 50.6 Å². The Labute approximate surface area is 176 Å². The van der Waals surface area contributed by atoms with Crippen LogP contribution < -0.4 is 16.2 Å². The van der Waals surface area contributed by atoms with Gasteiger partial charge in [-0.1, -0.05) is 17.7 Å². The maximum atomic E-state index is 13.2. The Morgan fingerprint density at radius 2 is 2.03 bits per heavy atom. The van der Waals surface area contributed by atoms with Crippen LogP contribution in [0.2, 0.25) is 0 Å². The highest BCUT2D eigenvalue weighted by atomic mass is 32.1. The van der Waals surface area contributed by atoms with Gasteiger partial charge in [-0.15, -0.1) is 11.3 Å². The lowest BCUT2D eigenvalue weighted by Gasteiger charge is -2.14. The first kappa shape index (κ1) is 19.5. The number of hydrogen-bond donors (Lipinski definition) is 2. The molecule has 0 spiro atoms. The van der Waals surface area contributed by atoms with Crippen molar-refractivity contribution in [3.8, 4) is 0 Å². The Bertz CT molecular complexity index is 1170. The number of carbonyl (C=O) groups is 1. The number of aryl methyl sites for hydroxylation is 3. The van der Waals surface area contributed by atoms with Crippen LogP contribution in [-0.4, -0.2) is 27.4 Å². The number of rotatable bonds is 3. The van der Waals surface area contributed by atoms with Gasteiger partial charge < -0.3 is 15.4 Å². The summed E-state index contributed by atoms with van der Waals surface area (Å²) in [7, 11) is 0. The standard InChI is InChI=1S/C20H20N4O3S2/c1-3-27-20(26)24-17(25)15-13-5-4-6-14(13)29-16(15)22-18(24)23-19(28)21-12-9-7-11(2)8-10-12/h7-10H,3-6H2,1-2H3,(H2,21,22,23,28). The van der Waals surface area contributed by atoms with Gasteiger partial charge in [0, 0.05) is 10.6 Å². The molecule has 0 atom stereocenters. The Kier molecular flexibility index (Phi) is 5.33. The second-order valence-electron chi connectivity index (χ2n) is 6.76. The zero-order chi connectivity index (χ0) is 20.5. The average molecular weight is 429 g/mol. The SMILES string of the molecule is CCOC(=O)n1c(NC(=S)Nc2ccc(C)cc2)nc2sc3c(c2c1=O)CCC3. The molecule has 0 fully saturated rings. The molecule has 3 aromatic rings. The topological polar surface area (TPSA) is 85.2 Å². The van der Waals surface area contributed by atoms with E-state index in [2.05, 4.69) is 15.6 Å². The fourth-order valence-corrected chi connectivity index (χ4v) is 4.85. The van der Waals surface area contributed by atoms with Crippen LogP contribution in [-0.2, 0) is 17.6 Å². The Morgan fingerprint density at radius 1 is 1.28 bits per heavy atom. The van der Waals surface area contributed by atoms with Crippen LogP contribution in [0, 0.1) is 6.92 Å². The molecule has 0 amide bonds. The van der Waals surface area contributed by atoms with E-state index in [0.717, 1.165) is 45.5 Å². The first-order valence-electron chi connectivity index (χ1n) is 9.37. The van der Waals surface area contributed by atoms with Crippen LogP contribution in [0.25, 0.3) is 10.2 Å². The van der Waals surface area contributed by atoms with Crippen LogP contribution in [0.1, 0.15) is 29.3 Å². The summed E-state index contributed by atoms with van der Waals surface area (Å²) in [5.74, 6) is 0.0467. The van der Waals surface area contributed by atoms with E-state index in [9.17, 15) is 9.59 Å². The molecule has 4 rings (SSSR count). The molecule has 2 heterocycles. The van der Waals surface area contributed by atoms with Crippen molar-refractivity contribution in [2.45, 2.75) is 33.1 Å². The zero-order valence-corrected chi connectivity index (χ0v) is 17.7. The van der Waals surface area contributed by atoms with Gasteiger partial charge in [-0.3, -0.25) is 4.79 Å². The molecule has 1 aromatic carbocycles. The molecule has 2 aromatic heterocycles. The highest BCUT2D eigenvalue weighted by molar-refractivity contribution is 7.80. The number of anilines is 2. The first-order chi connectivity index (χ1) is 14.0. The van der Waals surface area contributed by atoms with Crippen molar-refractivity contribution in [1.82, 2.24) is 9.55 Å². The summed E-state index contributed by atoms with van der Waals surface area (Å²) in [5, 5.41) is 6.66. The number of benzene rings is 1. The van der Waals surface area contributed by atoms with Crippen LogP contribution in [0.4, 0.5) is 16.4 Å². The molecule has 9 heteroatoms. The number of nitrogens with zero attached hydrogens (tertiary/aromatic N) is 2. The first-order valence-corrected chi connectivity index (χ1v) is 10.6. The summed E-state index contributed by atoms with van der Waals surface area (Å²) in [5.41, 5.74) is 2.50. The van der Waals surface area contributed by atoms with E-state index >= 15 is 0 Å². The van der Waals surface area contributed by atoms with Crippen LogP contribution in [0.3, 0.4) is 0 Å². The summed E-state index contributed by atoms with van der Waals surface area (Å²) in [6, 6.07) is 7.69. The van der Waals surface area contributed by atoms with Crippen LogP contribution in [0.15, 0.2) is 29.1 Å². The molecule has 0 saturated carbocycles. The summed E-state index contributed by atoms with van der Waals surface area (Å²) < 4.78 is 6.02. The lowest BCUT2D eigenvalue weighted by molar-refractivity contribution is 0.153. The highest BCUT2D eigenvalue weighted by Gasteiger charge is 2.26. The smallest absolute Gasteiger partial charge is 0.423 e. The lowest BCUT2D eigenvalue weighted by atomic mass is 10.2. The third-order valence-electron chi connectivity index (χ3n) is 4.72. The number of aromatic nitrogens is 2. The maximum Gasteiger partial charge on any atom is 0.423 e. The minimum Gasteiger partial charge on any atom is -0.449 e. The van der Waals surface area contributed by atoms with Crippen LogP contribution in [0.5, 0.6) is 0 Å². The summed E-state index contributed by atoms with van der Waals surface area (Å²) in [6.07, 6.45) is 2.01. The predicted molar refractivity (Wildman–Crippen MR) is 119 cm³/mol. The maximum absolute atomic E-state index is 13.2. The van der Waals surface area contributed by atoms with Gasteiger partial charge >= 0.3 is 6.09 Å². The van der Waals surface area contributed by atoms with E-state index in [1.165, 1.54) is 11.3 Å². The van der Waals surface area contributed by atoms with E-state index < -0.39 is 11.7 Å². The number of ether oxygens (including phenoxy) is 1. The minimum atomic E-state index is -0.773. The molecule has 1 aliphatic carbocycles. The molecule has 150 valence electrons. The third kappa shape index (κ3) is 3.75. The molecule has 2 N–H and O–H groups in total. The van der Waals surface area contributed by atoms with Gasteiger partial charge in [0.1, 0.15) is 4.83 Å². The summed E-state index contributed by atoms with van der Waals surface area (Å²) in [4.78, 5) is 32.0. The Hall–Kier alpha value is -2.78. The van der Waals surface area contributed by atoms with Crippen molar-refractivity contribution < 1.29 is 9.53 Å². The Morgan fingerprint density at radius 3 is 2.76 bits per heavy atom. The van der Waals surface area contributed by atoms with Gasteiger partial charge in [0.25, 0.3) is 5.56 Å². The van der Waals surface area contributed by atoms with E-state index in [1.54, 1.807) is 6.92 Å². The number of thiophene rings is 1. The van der Waals surface area contributed by atoms with Crippen molar-refractivity contribution in [2.75, 3.05) is 17.2 Å². The van der Waals surface area contributed by atoms with Gasteiger partial charge in [0.05, 0.1) is 12.0 Å². The minimum absolute atomic E-state index is 0.0467. The number of carbonyl (C=O) groups excluding carboxylic acids is 1. The second kappa shape index (κ2) is 7.92. The summed E-state index contributed by atoms with van der Waals surface area (Å²) >= 11 is 6.87. The largest absolute Gasteiger partial charge is 0.449 e. The molecule has 29 heavy (non-hydrogen) atoms. The number of thiocarbonyl (C=S) groups is 1. The third-order valence-corrected chi connectivity index (χ3v) is 6.11. The van der Waals surface area contributed by atoms with E-state index in [-0.39, 0.29) is 17.7 Å². The molecule has 0 bridgehead atoms. The van der Waals surface area contributed by atoms with Crippen molar-refractivity contribution in [1.29, 1.82) is 0 Å². The van der Waals surface area contributed by atoms with Crippen molar-refractivity contribution >= 4 is 56.6 Å². The van der Waals surface area contributed by atoms with E-state index in [1.807, 2.05) is 31.2 Å². The normalized spacial score (nSPS) is 12.6. The van der Waals surface area contributed by atoms with Crippen molar-refractivity contribution in [2.24, 2.45) is 0 Å². The molecular formula is C20H20N4O3S2. The molecule has 0 saturated heterocycles. The second-order valence-corrected chi connectivity index (χ2v) is 8.25. The average Bonchev–Trinajstić information content (AvgIpc) is 3.24. The van der Waals surface area contributed by atoms with Gasteiger partial charge in [-0.2, -0.15) is 4.57 Å². The number of hydrogen-bond acceptors (Lipinski definition) is 6. The van der Waals surface area contributed by atoms with Gasteiger partial charge in [0.15, 0.2) is 5.11 Å². The highest BCUT2D eigenvalue weighted by Crippen LogP contribution is 2.35. The Balaban J connectivity index is 1.73. The van der Waals surface area contributed by atoms with E-state index in [4.69, 9.17) is 17.0 Å². The molecule has 7 nitrogen and oxygen atoms in total. The molecule has 0 radical (unpaired) electrons. The van der Waals surface area contributed by atoms with Gasteiger partial charge in [-0.25, -0.2) is 9.78 Å². The quantitative estimate of drug-likeness (QED) is 0.608. The molecular weight excluding hydrogens is 408 g/mol. The van der Waals surface area contributed by atoms with E-state index in [0.29, 0.717) is 10.2 Å². The van der Waals surface area contributed by atoms with Crippen LogP contribution >= 0.6 is 23.6 Å². The monoisotopic (exact) mass is 428 g/mol. The number of nitrogens with one attached hydrogen (secondary N) is 2. The van der Waals surface area contributed by atoms with Crippen molar-refractivity contribution in [3.63, 3.8) is 0 Å². The van der Waals surface area contributed by atoms with Gasteiger partial charge in [0.2, 0.25) is 5.95 Å². The van der Waals surface area contributed by atoms with Gasteiger partial charge in [-0.05, 0) is 63.0 Å².